The Labute approximate surface area is 206 Å². The summed E-state index contributed by atoms with van der Waals surface area (Å²) in [6.45, 7) is 2.27. The minimum absolute atomic E-state index is 0.113. The van der Waals surface area contributed by atoms with Gasteiger partial charge in [0.1, 0.15) is 5.75 Å². The summed E-state index contributed by atoms with van der Waals surface area (Å²) in [4.78, 5) is 20.9. The fraction of sp³-hybridized carbons (Fsp3) is 0.571. The Balaban J connectivity index is 0.000000762. The summed E-state index contributed by atoms with van der Waals surface area (Å²) < 4.78 is 37.2. The normalized spacial score (nSPS) is 11.1. The zero-order valence-corrected chi connectivity index (χ0v) is 20.7. The van der Waals surface area contributed by atoms with Gasteiger partial charge in [-0.2, -0.15) is 13.2 Å². The highest BCUT2D eigenvalue weighted by Gasteiger charge is 2.38. The van der Waals surface area contributed by atoms with Gasteiger partial charge in [-0.1, -0.05) is 114 Å². The van der Waals surface area contributed by atoms with Gasteiger partial charge in [0.25, 0.3) is 0 Å². The molecule has 0 amide bonds. The standard InChI is InChI=1S/C26H38O2.C2HF3O2/c1-2-3-4-5-6-7-8-9-10-11-12-13-14-19-26(27)28-25-21-20-23-17-15-16-18-24(23)22-25;3-2(4,5)1(6)7/h15-18,20-22H,2-14,19H2,1H3;(H,6,7). The van der Waals surface area contributed by atoms with Crippen LogP contribution in [0.3, 0.4) is 0 Å². The second kappa shape index (κ2) is 17.8. The van der Waals surface area contributed by atoms with Gasteiger partial charge in [-0.05, 0) is 29.3 Å². The number of carboxylic acid groups (broad SMARTS) is 1. The molecule has 0 fully saturated rings. The Bertz CT molecular complexity index is 865. The lowest BCUT2D eigenvalue weighted by atomic mass is 10.0. The predicted octanol–water partition coefficient (Wildman–Crippen LogP) is 8.86. The minimum Gasteiger partial charge on any atom is -0.475 e. The number of benzene rings is 2. The van der Waals surface area contributed by atoms with Crippen LogP contribution in [0.15, 0.2) is 42.5 Å². The van der Waals surface area contributed by atoms with E-state index in [0.29, 0.717) is 12.2 Å². The lowest BCUT2D eigenvalue weighted by molar-refractivity contribution is -0.192. The fourth-order valence-electron chi connectivity index (χ4n) is 3.70. The molecule has 2 aromatic rings. The highest BCUT2D eigenvalue weighted by molar-refractivity contribution is 5.84. The molecule has 7 heteroatoms. The van der Waals surface area contributed by atoms with Gasteiger partial charge in [0.15, 0.2) is 0 Å². The van der Waals surface area contributed by atoms with Crippen molar-refractivity contribution in [3.63, 3.8) is 0 Å². The van der Waals surface area contributed by atoms with Gasteiger partial charge in [-0.3, -0.25) is 4.79 Å². The van der Waals surface area contributed by atoms with Crippen molar-refractivity contribution >= 4 is 22.7 Å². The van der Waals surface area contributed by atoms with Gasteiger partial charge in [-0.25, -0.2) is 4.79 Å². The quantitative estimate of drug-likeness (QED) is 0.152. The minimum atomic E-state index is -5.08. The van der Waals surface area contributed by atoms with E-state index in [0.717, 1.165) is 18.2 Å². The Kier molecular flexibility index (Phi) is 15.5. The van der Waals surface area contributed by atoms with Crippen molar-refractivity contribution in [3.05, 3.63) is 42.5 Å². The van der Waals surface area contributed by atoms with E-state index in [2.05, 4.69) is 13.0 Å². The Morgan fingerprint density at radius 1 is 0.743 bits per heavy atom. The topological polar surface area (TPSA) is 63.6 Å². The number of rotatable bonds is 15. The molecule has 0 spiro atoms. The molecule has 0 aliphatic carbocycles. The molecule has 196 valence electrons. The first-order valence-corrected chi connectivity index (χ1v) is 12.7. The van der Waals surface area contributed by atoms with Gasteiger partial charge in [0.05, 0.1) is 0 Å². The number of carbonyl (C=O) groups is 2. The SMILES string of the molecule is CCCCCCCCCCCCCCCC(=O)Oc1ccc2ccccc2c1.O=C(O)C(F)(F)F. The third kappa shape index (κ3) is 15.1. The van der Waals surface area contributed by atoms with Crippen LogP contribution in [-0.4, -0.2) is 23.2 Å². The smallest absolute Gasteiger partial charge is 0.475 e. The highest BCUT2D eigenvalue weighted by atomic mass is 19.4. The van der Waals surface area contributed by atoms with E-state index in [1.54, 1.807) is 0 Å². The first-order valence-electron chi connectivity index (χ1n) is 12.7. The average molecular weight is 497 g/mol. The summed E-state index contributed by atoms with van der Waals surface area (Å²) in [5.74, 6) is -2.22. The van der Waals surface area contributed by atoms with Crippen LogP contribution in [0.2, 0.25) is 0 Å². The number of unbranched alkanes of at least 4 members (excludes halogenated alkanes) is 12. The first kappa shape index (κ1) is 30.5. The highest BCUT2D eigenvalue weighted by Crippen LogP contribution is 2.21. The molecule has 1 N–H and O–H groups in total. The second-order valence-corrected chi connectivity index (χ2v) is 8.78. The van der Waals surface area contributed by atoms with Crippen LogP contribution in [-0.2, 0) is 9.59 Å². The molecular weight excluding hydrogens is 457 g/mol. The van der Waals surface area contributed by atoms with E-state index >= 15 is 0 Å². The number of esters is 1. The van der Waals surface area contributed by atoms with Crippen LogP contribution in [0.4, 0.5) is 13.2 Å². The van der Waals surface area contributed by atoms with Crippen molar-refractivity contribution in [2.75, 3.05) is 0 Å². The summed E-state index contributed by atoms with van der Waals surface area (Å²) in [5, 5.41) is 9.40. The molecule has 0 saturated carbocycles. The second-order valence-electron chi connectivity index (χ2n) is 8.78. The van der Waals surface area contributed by atoms with Crippen LogP contribution in [0.25, 0.3) is 10.8 Å². The molecule has 0 saturated heterocycles. The summed E-state index contributed by atoms with van der Waals surface area (Å²) in [5.41, 5.74) is 0. The molecule has 0 atom stereocenters. The van der Waals surface area contributed by atoms with Crippen molar-refractivity contribution in [1.82, 2.24) is 0 Å². The van der Waals surface area contributed by atoms with E-state index in [1.165, 1.54) is 76.0 Å². The molecular formula is C28H39F3O4. The molecule has 2 rings (SSSR count). The number of aliphatic carboxylic acids is 1. The van der Waals surface area contributed by atoms with Gasteiger partial charge < -0.3 is 9.84 Å². The number of fused-ring (bicyclic) bond motifs is 1. The van der Waals surface area contributed by atoms with E-state index in [9.17, 15) is 18.0 Å². The Hall–Kier alpha value is -2.57. The van der Waals surface area contributed by atoms with Gasteiger partial charge >= 0.3 is 18.1 Å². The molecule has 0 aliphatic heterocycles. The number of hydrogen-bond acceptors (Lipinski definition) is 3. The molecule has 0 unspecified atom stereocenters. The fourth-order valence-corrected chi connectivity index (χ4v) is 3.70. The van der Waals surface area contributed by atoms with Crippen molar-refractivity contribution in [1.29, 1.82) is 0 Å². The van der Waals surface area contributed by atoms with Gasteiger partial charge in [0.2, 0.25) is 0 Å². The zero-order chi connectivity index (χ0) is 25.9. The summed E-state index contributed by atoms with van der Waals surface area (Å²) >= 11 is 0. The maximum atomic E-state index is 12.0. The summed E-state index contributed by atoms with van der Waals surface area (Å²) in [7, 11) is 0. The lowest BCUT2D eigenvalue weighted by Crippen LogP contribution is -2.21. The third-order valence-electron chi connectivity index (χ3n) is 5.68. The van der Waals surface area contributed by atoms with Gasteiger partial charge in [-0.15, -0.1) is 0 Å². The number of ether oxygens (including phenoxy) is 1. The van der Waals surface area contributed by atoms with E-state index in [1.807, 2.05) is 36.4 Å². The number of halogens is 3. The van der Waals surface area contributed by atoms with E-state index in [-0.39, 0.29) is 5.97 Å². The van der Waals surface area contributed by atoms with Crippen LogP contribution in [0, 0.1) is 0 Å². The van der Waals surface area contributed by atoms with Crippen molar-refractivity contribution in [2.24, 2.45) is 0 Å². The van der Waals surface area contributed by atoms with Crippen LogP contribution >= 0.6 is 0 Å². The molecule has 35 heavy (non-hydrogen) atoms. The van der Waals surface area contributed by atoms with Gasteiger partial charge in [0, 0.05) is 6.42 Å². The predicted molar refractivity (Wildman–Crippen MR) is 134 cm³/mol. The van der Waals surface area contributed by atoms with Crippen molar-refractivity contribution in [3.8, 4) is 5.75 Å². The van der Waals surface area contributed by atoms with E-state index in [4.69, 9.17) is 14.6 Å². The molecule has 0 heterocycles. The van der Waals surface area contributed by atoms with Crippen molar-refractivity contribution in [2.45, 2.75) is 103 Å². The molecule has 0 bridgehead atoms. The first-order chi connectivity index (χ1) is 16.7. The Morgan fingerprint density at radius 3 is 1.69 bits per heavy atom. The van der Waals surface area contributed by atoms with Crippen LogP contribution in [0.1, 0.15) is 96.8 Å². The summed E-state index contributed by atoms with van der Waals surface area (Å²) in [6.07, 6.45) is 12.5. The number of alkyl halides is 3. The molecule has 0 radical (unpaired) electrons. The number of hydrogen-bond donors (Lipinski definition) is 1. The molecule has 4 nitrogen and oxygen atoms in total. The lowest BCUT2D eigenvalue weighted by Gasteiger charge is -2.06. The average Bonchev–Trinajstić information content (AvgIpc) is 2.82. The monoisotopic (exact) mass is 496 g/mol. The van der Waals surface area contributed by atoms with Crippen LogP contribution < -0.4 is 4.74 Å². The molecule has 0 aromatic heterocycles. The molecule has 2 aromatic carbocycles. The maximum Gasteiger partial charge on any atom is 0.490 e. The number of carbonyl (C=O) groups excluding carboxylic acids is 1. The van der Waals surface area contributed by atoms with E-state index < -0.39 is 12.1 Å². The van der Waals surface area contributed by atoms with Crippen LogP contribution in [0.5, 0.6) is 5.75 Å². The summed E-state index contributed by atoms with van der Waals surface area (Å²) in [6, 6.07) is 13.9. The van der Waals surface area contributed by atoms with Crippen molar-refractivity contribution < 1.29 is 32.6 Å². The molecule has 0 aliphatic rings. The Morgan fingerprint density at radius 2 is 1.20 bits per heavy atom. The maximum absolute atomic E-state index is 12.0. The zero-order valence-electron chi connectivity index (χ0n) is 20.7. The number of carboxylic acids is 1. The largest absolute Gasteiger partial charge is 0.490 e. The third-order valence-corrected chi connectivity index (χ3v) is 5.68.